The topological polar surface area (TPSA) is 57.2 Å². The molecule has 0 saturated carbocycles. The maximum absolute atomic E-state index is 10.9. The third kappa shape index (κ3) is 9.23. The lowest BCUT2D eigenvalue weighted by atomic mass is 10.1. The van der Waals surface area contributed by atoms with Crippen LogP contribution in [-0.2, 0) is 10.1 Å². The minimum atomic E-state index is -4.10. The van der Waals surface area contributed by atoms with Gasteiger partial charge in [-0.05, 0) is 24.0 Å². The Labute approximate surface area is 130 Å². The van der Waals surface area contributed by atoms with Crippen molar-refractivity contribution >= 4 is 23.3 Å². The van der Waals surface area contributed by atoms with Crippen molar-refractivity contribution < 1.29 is 13.0 Å². The SMILES string of the molecule is CCCCCCCCP(CCS(=O)(=O)[O-])c1ccccc1. The third-order valence-corrected chi connectivity index (χ3v) is 7.17. The summed E-state index contributed by atoms with van der Waals surface area (Å²) in [7, 11) is -4.63. The Hall–Kier alpha value is -0.440. The fourth-order valence-electron chi connectivity index (χ4n) is 2.31. The van der Waals surface area contributed by atoms with Crippen LogP contribution in [0.3, 0.4) is 0 Å². The Morgan fingerprint density at radius 2 is 1.57 bits per heavy atom. The van der Waals surface area contributed by atoms with Crippen LogP contribution in [-0.4, -0.2) is 31.0 Å². The molecule has 0 saturated heterocycles. The molecule has 0 aliphatic rings. The summed E-state index contributed by atoms with van der Waals surface area (Å²) < 4.78 is 32.6. The highest BCUT2D eigenvalue weighted by Crippen LogP contribution is 2.35. The fraction of sp³-hybridized carbons (Fsp3) is 0.625. The molecule has 0 amide bonds. The molecule has 0 fully saturated rings. The summed E-state index contributed by atoms with van der Waals surface area (Å²) in [6.07, 6.45) is 8.94. The van der Waals surface area contributed by atoms with Crippen LogP contribution in [0.2, 0.25) is 0 Å². The molecule has 0 bridgehead atoms. The van der Waals surface area contributed by atoms with Gasteiger partial charge in [0.2, 0.25) is 0 Å². The van der Waals surface area contributed by atoms with Crippen molar-refractivity contribution in [2.24, 2.45) is 0 Å². The van der Waals surface area contributed by atoms with Crippen LogP contribution in [0.5, 0.6) is 0 Å². The van der Waals surface area contributed by atoms with Crippen molar-refractivity contribution in [2.45, 2.75) is 45.4 Å². The van der Waals surface area contributed by atoms with Crippen LogP contribution in [0.25, 0.3) is 0 Å². The number of hydrogen-bond donors (Lipinski definition) is 0. The lowest BCUT2D eigenvalue weighted by molar-refractivity contribution is 0.465. The van der Waals surface area contributed by atoms with Crippen LogP contribution in [0.15, 0.2) is 30.3 Å². The van der Waals surface area contributed by atoms with Crippen molar-refractivity contribution in [3.05, 3.63) is 30.3 Å². The predicted molar refractivity (Wildman–Crippen MR) is 90.7 cm³/mol. The monoisotopic (exact) mass is 329 g/mol. The molecular weight excluding hydrogens is 303 g/mol. The molecular formula is C16H26O3PS-. The van der Waals surface area contributed by atoms with Crippen molar-refractivity contribution in [2.75, 3.05) is 18.1 Å². The molecule has 3 nitrogen and oxygen atoms in total. The Morgan fingerprint density at radius 1 is 0.952 bits per heavy atom. The summed E-state index contributed by atoms with van der Waals surface area (Å²) in [5.74, 6) is -0.233. The molecule has 1 aromatic carbocycles. The molecule has 120 valence electrons. The van der Waals surface area contributed by atoms with Crippen molar-refractivity contribution in [1.29, 1.82) is 0 Å². The number of rotatable bonds is 11. The Bertz CT molecular complexity index is 474. The van der Waals surface area contributed by atoms with E-state index in [1.807, 2.05) is 18.2 Å². The summed E-state index contributed by atoms with van der Waals surface area (Å²) in [6.45, 7) is 2.21. The fourth-order valence-corrected chi connectivity index (χ4v) is 6.03. The molecule has 1 atom stereocenters. The van der Waals surface area contributed by atoms with Gasteiger partial charge < -0.3 is 4.55 Å². The maximum atomic E-state index is 10.9. The summed E-state index contributed by atoms with van der Waals surface area (Å²) in [5.41, 5.74) is 0. The normalized spacial score (nSPS) is 13.2. The second-order valence-electron chi connectivity index (χ2n) is 5.35. The second kappa shape index (κ2) is 10.3. The molecule has 1 unspecified atom stereocenters. The van der Waals surface area contributed by atoms with Crippen molar-refractivity contribution in [1.82, 2.24) is 0 Å². The standard InChI is InChI=1S/C16H27O3PS/c1-2-3-4-5-6-10-13-20(14-15-21(17,18)19)16-11-8-7-9-12-16/h7-9,11-12H,2-6,10,13-15H2,1H3,(H,17,18,19)/p-1. The van der Waals surface area contributed by atoms with Crippen LogP contribution in [0.4, 0.5) is 0 Å². The van der Waals surface area contributed by atoms with E-state index < -0.39 is 18.0 Å². The first kappa shape index (κ1) is 18.6. The van der Waals surface area contributed by atoms with E-state index in [-0.39, 0.29) is 5.75 Å². The van der Waals surface area contributed by atoms with Gasteiger partial charge in [0.15, 0.2) is 0 Å². The van der Waals surface area contributed by atoms with E-state index in [0.29, 0.717) is 6.16 Å². The van der Waals surface area contributed by atoms with E-state index in [9.17, 15) is 13.0 Å². The highest BCUT2D eigenvalue weighted by molar-refractivity contribution is 7.86. The first-order valence-electron chi connectivity index (χ1n) is 7.76. The average Bonchev–Trinajstić information content (AvgIpc) is 2.45. The van der Waals surface area contributed by atoms with Crippen LogP contribution in [0.1, 0.15) is 45.4 Å². The van der Waals surface area contributed by atoms with E-state index in [2.05, 4.69) is 19.1 Å². The van der Waals surface area contributed by atoms with Gasteiger partial charge >= 0.3 is 0 Å². The highest BCUT2D eigenvalue weighted by Gasteiger charge is 2.11. The molecule has 0 aromatic heterocycles. The number of benzene rings is 1. The van der Waals surface area contributed by atoms with Gasteiger partial charge in [0, 0.05) is 5.75 Å². The van der Waals surface area contributed by atoms with Gasteiger partial charge in [0.25, 0.3) is 0 Å². The molecule has 0 aliphatic heterocycles. The summed E-state index contributed by atoms with van der Waals surface area (Å²) in [6, 6.07) is 10.0. The quantitative estimate of drug-likeness (QED) is 0.353. The zero-order chi connectivity index (χ0) is 15.6. The predicted octanol–water partition coefficient (Wildman–Crippen LogP) is 3.70. The number of hydrogen-bond acceptors (Lipinski definition) is 3. The van der Waals surface area contributed by atoms with Crippen LogP contribution >= 0.6 is 7.92 Å². The smallest absolute Gasteiger partial charge is 0.0949 e. The highest BCUT2D eigenvalue weighted by atomic mass is 32.2. The minimum Gasteiger partial charge on any atom is -0.748 e. The van der Waals surface area contributed by atoms with Gasteiger partial charge in [-0.1, -0.05) is 77.3 Å². The third-order valence-electron chi connectivity index (χ3n) is 3.51. The van der Waals surface area contributed by atoms with E-state index in [1.165, 1.54) is 37.4 Å². The zero-order valence-electron chi connectivity index (χ0n) is 12.8. The summed E-state index contributed by atoms with van der Waals surface area (Å²) in [4.78, 5) is 0. The van der Waals surface area contributed by atoms with E-state index >= 15 is 0 Å². The van der Waals surface area contributed by atoms with E-state index in [4.69, 9.17) is 0 Å². The Morgan fingerprint density at radius 3 is 2.19 bits per heavy atom. The first-order chi connectivity index (χ1) is 10.0. The van der Waals surface area contributed by atoms with Crippen LogP contribution in [0, 0.1) is 0 Å². The zero-order valence-corrected chi connectivity index (χ0v) is 14.5. The Kier molecular flexibility index (Phi) is 9.14. The molecule has 5 heteroatoms. The molecule has 21 heavy (non-hydrogen) atoms. The van der Waals surface area contributed by atoms with Gasteiger partial charge in [0.05, 0.1) is 10.1 Å². The van der Waals surface area contributed by atoms with Gasteiger partial charge in [0.1, 0.15) is 0 Å². The maximum Gasteiger partial charge on any atom is 0.0949 e. The molecule has 0 heterocycles. The molecule has 0 radical (unpaired) electrons. The van der Waals surface area contributed by atoms with E-state index in [0.717, 1.165) is 12.6 Å². The lowest BCUT2D eigenvalue weighted by Crippen LogP contribution is -2.13. The largest absolute Gasteiger partial charge is 0.748 e. The minimum absolute atomic E-state index is 0.233. The molecule has 0 aliphatic carbocycles. The average molecular weight is 329 g/mol. The number of unbranched alkanes of at least 4 members (excludes halogenated alkanes) is 5. The lowest BCUT2D eigenvalue weighted by Gasteiger charge is -2.19. The Balaban J connectivity index is 2.45. The molecule has 0 spiro atoms. The van der Waals surface area contributed by atoms with Gasteiger partial charge in [-0.25, -0.2) is 8.42 Å². The first-order valence-corrected chi connectivity index (χ1v) is 11.1. The van der Waals surface area contributed by atoms with Gasteiger partial charge in [-0.3, -0.25) is 0 Å². The van der Waals surface area contributed by atoms with Crippen LogP contribution < -0.4 is 5.30 Å². The molecule has 0 N–H and O–H groups in total. The summed E-state index contributed by atoms with van der Waals surface area (Å²) in [5, 5.41) is 1.21. The van der Waals surface area contributed by atoms with Gasteiger partial charge in [-0.2, -0.15) is 0 Å². The van der Waals surface area contributed by atoms with Crippen molar-refractivity contribution in [3.8, 4) is 0 Å². The molecule has 1 rings (SSSR count). The van der Waals surface area contributed by atoms with Gasteiger partial charge in [-0.15, -0.1) is 0 Å². The summed E-state index contributed by atoms with van der Waals surface area (Å²) >= 11 is 0. The molecule has 1 aromatic rings. The van der Waals surface area contributed by atoms with Crippen molar-refractivity contribution in [3.63, 3.8) is 0 Å². The second-order valence-corrected chi connectivity index (χ2v) is 9.37. The van der Waals surface area contributed by atoms with E-state index in [1.54, 1.807) is 0 Å².